The van der Waals surface area contributed by atoms with Gasteiger partial charge in [-0.3, -0.25) is 9.59 Å². The number of carbonyl (C=O) groups excluding carboxylic acids is 1. The maximum atomic E-state index is 12.5. The molecular weight excluding hydrogens is 302 g/mol. The van der Waals surface area contributed by atoms with Gasteiger partial charge in [0.15, 0.2) is 0 Å². The summed E-state index contributed by atoms with van der Waals surface area (Å²) in [5.41, 5.74) is 2.30. The number of piperidine rings is 1. The van der Waals surface area contributed by atoms with E-state index in [4.69, 9.17) is 0 Å². The van der Waals surface area contributed by atoms with E-state index >= 15 is 0 Å². The van der Waals surface area contributed by atoms with Crippen LogP contribution in [0.5, 0.6) is 0 Å². The van der Waals surface area contributed by atoms with Crippen LogP contribution in [0.15, 0.2) is 53.5 Å². The molecule has 1 fully saturated rings. The number of rotatable bonds is 2. The van der Waals surface area contributed by atoms with Gasteiger partial charge in [-0.25, -0.2) is 0 Å². The van der Waals surface area contributed by atoms with Crippen LogP contribution in [0.4, 0.5) is 0 Å². The number of pyridine rings is 1. The largest absolute Gasteiger partial charge is 0.358 e. The fraction of sp³-hybridized carbons (Fsp3) is 0.263. The molecular formula is C19H19N3O2. The number of aromatic nitrogens is 2. The summed E-state index contributed by atoms with van der Waals surface area (Å²) >= 11 is 0. The number of benzene rings is 1. The number of nitrogens with zero attached hydrogens (tertiary/aromatic N) is 1. The standard InChI is InChI=1S/C19H19N3O2/c23-18-15(5-3-9-20-18)19(24)22-10-7-13(8-11-22)17-12-14-4-1-2-6-16(14)21-17/h1-6,9,12-13,21H,7-8,10-11H2,(H,20,23). The number of amides is 1. The number of fused-ring (bicyclic) bond motifs is 1. The van der Waals surface area contributed by atoms with Crippen LogP contribution in [-0.2, 0) is 0 Å². The van der Waals surface area contributed by atoms with Crippen molar-refractivity contribution < 1.29 is 4.79 Å². The van der Waals surface area contributed by atoms with Crippen LogP contribution in [0, 0.1) is 0 Å². The minimum Gasteiger partial charge on any atom is -0.358 e. The van der Waals surface area contributed by atoms with Crippen molar-refractivity contribution in [2.45, 2.75) is 18.8 Å². The summed E-state index contributed by atoms with van der Waals surface area (Å²) in [6.07, 6.45) is 3.36. The number of hydrogen-bond acceptors (Lipinski definition) is 2. The van der Waals surface area contributed by atoms with E-state index in [2.05, 4.69) is 28.2 Å². The van der Waals surface area contributed by atoms with Crippen LogP contribution in [-0.4, -0.2) is 33.9 Å². The number of carbonyl (C=O) groups is 1. The zero-order valence-electron chi connectivity index (χ0n) is 13.3. The van der Waals surface area contributed by atoms with E-state index in [0.29, 0.717) is 19.0 Å². The minimum atomic E-state index is -0.319. The van der Waals surface area contributed by atoms with Gasteiger partial charge in [-0.1, -0.05) is 18.2 Å². The molecule has 0 spiro atoms. The molecule has 2 aromatic heterocycles. The zero-order valence-corrected chi connectivity index (χ0v) is 13.3. The number of hydrogen-bond donors (Lipinski definition) is 2. The number of nitrogens with one attached hydrogen (secondary N) is 2. The van der Waals surface area contributed by atoms with Crippen LogP contribution in [0.2, 0.25) is 0 Å². The van der Waals surface area contributed by atoms with Gasteiger partial charge in [-0.05, 0) is 42.5 Å². The van der Waals surface area contributed by atoms with Gasteiger partial charge < -0.3 is 14.9 Å². The molecule has 4 rings (SSSR count). The molecule has 1 aromatic carbocycles. The highest BCUT2D eigenvalue weighted by molar-refractivity contribution is 5.93. The van der Waals surface area contributed by atoms with Gasteiger partial charge in [-0.2, -0.15) is 0 Å². The van der Waals surface area contributed by atoms with Crippen molar-refractivity contribution in [3.05, 3.63) is 70.3 Å². The van der Waals surface area contributed by atoms with E-state index in [1.807, 2.05) is 12.1 Å². The maximum Gasteiger partial charge on any atom is 0.260 e. The molecule has 3 heterocycles. The Morgan fingerprint density at radius 2 is 1.88 bits per heavy atom. The van der Waals surface area contributed by atoms with Gasteiger partial charge in [0.2, 0.25) is 0 Å². The molecule has 3 aromatic rings. The van der Waals surface area contributed by atoms with Crippen molar-refractivity contribution in [1.29, 1.82) is 0 Å². The lowest BCUT2D eigenvalue weighted by atomic mass is 9.93. The molecule has 1 saturated heterocycles. The third-order valence-electron chi connectivity index (χ3n) is 4.82. The van der Waals surface area contributed by atoms with Gasteiger partial charge in [0.1, 0.15) is 5.56 Å². The Balaban J connectivity index is 1.47. The Morgan fingerprint density at radius 3 is 2.62 bits per heavy atom. The Hall–Kier alpha value is -2.82. The third-order valence-corrected chi connectivity index (χ3v) is 4.82. The summed E-state index contributed by atoms with van der Waals surface area (Å²) in [7, 11) is 0. The first-order valence-corrected chi connectivity index (χ1v) is 8.27. The first-order valence-electron chi connectivity index (χ1n) is 8.27. The molecule has 0 atom stereocenters. The second-order valence-corrected chi connectivity index (χ2v) is 6.29. The van der Waals surface area contributed by atoms with E-state index in [-0.39, 0.29) is 17.0 Å². The molecule has 5 nitrogen and oxygen atoms in total. The van der Waals surface area contributed by atoms with Gasteiger partial charge >= 0.3 is 0 Å². The van der Waals surface area contributed by atoms with Crippen LogP contribution >= 0.6 is 0 Å². The summed E-state index contributed by atoms with van der Waals surface area (Å²) in [6, 6.07) is 13.7. The molecule has 0 bridgehead atoms. The van der Waals surface area contributed by atoms with Gasteiger partial charge in [-0.15, -0.1) is 0 Å². The Morgan fingerprint density at radius 1 is 1.08 bits per heavy atom. The van der Waals surface area contributed by atoms with Crippen molar-refractivity contribution in [3.8, 4) is 0 Å². The van der Waals surface area contributed by atoms with Crippen molar-refractivity contribution in [3.63, 3.8) is 0 Å². The molecule has 1 aliphatic rings. The quantitative estimate of drug-likeness (QED) is 0.762. The predicted octanol–water partition coefficient (Wildman–Crippen LogP) is 2.88. The monoisotopic (exact) mass is 321 g/mol. The smallest absolute Gasteiger partial charge is 0.260 e. The van der Waals surface area contributed by atoms with Gasteiger partial charge in [0, 0.05) is 36.4 Å². The van der Waals surface area contributed by atoms with E-state index in [1.165, 1.54) is 11.1 Å². The van der Waals surface area contributed by atoms with E-state index in [1.54, 1.807) is 23.2 Å². The third kappa shape index (κ3) is 2.62. The van der Waals surface area contributed by atoms with Gasteiger partial charge in [0.05, 0.1) is 0 Å². The normalized spacial score (nSPS) is 15.8. The molecule has 122 valence electrons. The molecule has 0 saturated carbocycles. The first-order chi connectivity index (χ1) is 11.7. The molecule has 0 aliphatic carbocycles. The first kappa shape index (κ1) is 14.8. The second-order valence-electron chi connectivity index (χ2n) is 6.29. The summed E-state index contributed by atoms with van der Waals surface area (Å²) in [6.45, 7) is 1.35. The number of para-hydroxylation sites is 1. The second kappa shape index (κ2) is 6.00. The molecule has 5 heteroatoms. The summed E-state index contributed by atoms with van der Waals surface area (Å²) < 4.78 is 0. The van der Waals surface area contributed by atoms with Crippen molar-refractivity contribution in [1.82, 2.24) is 14.9 Å². The summed E-state index contributed by atoms with van der Waals surface area (Å²) in [4.78, 5) is 32.1. The average Bonchev–Trinajstić information content (AvgIpc) is 3.06. The molecule has 2 N–H and O–H groups in total. The Labute approximate surface area is 139 Å². The fourth-order valence-corrected chi connectivity index (χ4v) is 3.47. The van der Waals surface area contributed by atoms with Crippen molar-refractivity contribution >= 4 is 16.8 Å². The maximum absolute atomic E-state index is 12.5. The highest BCUT2D eigenvalue weighted by Crippen LogP contribution is 2.30. The number of H-pyrrole nitrogens is 2. The van der Waals surface area contributed by atoms with Crippen LogP contribution in [0.3, 0.4) is 0 Å². The molecule has 0 unspecified atom stereocenters. The van der Waals surface area contributed by atoms with Crippen LogP contribution < -0.4 is 5.56 Å². The highest BCUT2D eigenvalue weighted by atomic mass is 16.2. The fourth-order valence-electron chi connectivity index (χ4n) is 3.47. The molecule has 1 amide bonds. The lowest BCUT2D eigenvalue weighted by molar-refractivity contribution is 0.0710. The lowest BCUT2D eigenvalue weighted by Crippen LogP contribution is -2.40. The van der Waals surface area contributed by atoms with Crippen molar-refractivity contribution in [2.24, 2.45) is 0 Å². The van der Waals surface area contributed by atoms with E-state index in [9.17, 15) is 9.59 Å². The number of aromatic amines is 2. The molecule has 1 aliphatic heterocycles. The lowest BCUT2D eigenvalue weighted by Gasteiger charge is -2.31. The Kier molecular flexibility index (Phi) is 3.69. The highest BCUT2D eigenvalue weighted by Gasteiger charge is 2.26. The molecule has 0 radical (unpaired) electrons. The van der Waals surface area contributed by atoms with E-state index in [0.717, 1.165) is 18.4 Å². The minimum absolute atomic E-state index is 0.174. The van der Waals surface area contributed by atoms with Crippen molar-refractivity contribution in [2.75, 3.05) is 13.1 Å². The summed E-state index contributed by atoms with van der Waals surface area (Å²) in [5.74, 6) is 0.252. The average molecular weight is 321 g/mol. The molecule has 24 heavy (non-hydrogen) atoms. The van der Waals surface area contributed by atoms with Crippen LogP contribution in [0.1, 0.15) is 34.8 Å². The van der Waals surface area contributed by atoms with Gasteiger partial charge in [0.25, 0.3) is 11.5 Å². The predicted molar refractivity (Wildman–Crippen MR) is 93.2 cm³/mol. The topological polar surface area (TPSA) is 69.0 Å². The SMILES string of the molecule is O=C(c1ccc[nH]c1=O)N1CCC(c2cc3ccccc3[nH]2)CC1. The number of likely N-dealkylation sites (tertiary alicyclic amines) is 1. The zero-order chi connectivity index (χ0) is 16.5. The Bertz CT molecular complexity index is 900. The summed E-state index contributed by atoms with van der Waals surface area (Å²) in [5, 5.41) is 1.22. The van der Waals surface area contributed by atoms with E-state index < -0.39 is 0 Å². The van der Waals surface area contributed by atoms with Crippen LogP contribution in [0.25, 0.3) is 10.9 Å².